The standard InChI is InChI=1S/C15H19NO3/c1-18-13-4-3-12(8-14(13)19-2)16-15(17)11-6-9-5-10(9)7-11/h3-4,8-11H,5-7H2,1-2H3,(H,16,17). The van der Waals surface area contributed by atoms with Crippen LogP contribution in [0.2, 0.25) is 0 Å². The van der Waals surface area contributed by atoms with E-state index in [1.807, 2.05) is 6.07 Å². The van der Waals surface area contributed by atoms with E-state index in [-0.39, 0.29) is 11.8 Å². The summed E-state index contributed by atoms with van der Waals surface area (Å²) in [5, 5.41) is 2.98. The third-order valence-corrected chi connectivity index (χ3v) is 4.27. The molecule has 2 aliphatic rings. The molecule has 1 amide bonds. The molecule has 0 saturated heterocycles. The molecule has 0 radical (unpaired) electrons. The second-order valence-corrected chi connectivity index (χ2v) is 5.48. The number of nitrogens with one attached hydrogen (secondary N) is 1. The van der Waals surface area contributed by atoms with E-state index in [2.05, 4.69) is 5.32 Å². The fourth-order valence-corrected chi connectivity index (χ4v) is 3.09. The fraction of sp³-hybridized carbons (Fsp3) is 0.533. The summed E-state index contributed by atoms with van der Waals surface area (Å²) in [5.41, 5.74) is 0.767. The molecule has 2 fully saturated rings. The van der Waals surface area contributed by atoms with Gasteiger partial charge in [0.25, 0.3) is 0 Å². The molecule has 0 aliphatic heterocycles. The van der Waals surface area contributed by atoms with Gasteiger partial charge in [-0.2, -0.15) is 0 Å². The van der Waals surface area contributed by atoms with E-state index >= 15 is 0 Å². The first-order valence-corrected chi connectivity index (χ1v) is 6.74. The zero-order valence-electron chi connectivity index (χ0n) is 11.3. The molecule has 1 aromatic rings. The van der Waals surface area contributed by atoms with Crippen LogP contribution in [0.1, 0.15) is 19.3 Å². The first-order valence-electron chi connectivity index (χ1n) is 6.74. The van der Waals surface area contributed by atoms with E-state index in [0.717, 1.165) is 30.4 Å². The van der Waals surface area contributed by atoms with Crippen molar-refractivity contribution in [1.82, 2.24) is 0 Å². The lowest BCUT2D eigenvalue weighted by atomic mass is 10.0. The van der Waals surface area contributed by atoms with Gasteiger partial charge in [0.2, 0.25) is 5.91 Å². The highest BCUT2D eigenvalue weighted by atomic mass is 16.5. The van der Waals surface area contributed by atoms with Gasteiger partial charge in [0.05, 0.1) is 14.2 Å². The van der Waals surface area contributed by atoms with Gasteiger partial charge in [-0.15, -0.1) is 0 Å². The van der Waals surface area contributed by atoms with Crippen LogP contribution in [0.15, 0.2) is 18.2 Å². The summed E-state index contributed by atoms with van der Waals surface area (Å²) >= 11 is 0. The lowest BCUT2D eigenvalue weighted by molar-refractivity contribution is -0.120. The van der Waals surface area contributed by atoms with Crippen molar-refractivity contribution in [3.63, 3.8) is 0 Å². The smallest absolute Gasteiger partial charge is 0.227 e. The number of hydrogen-bond acceptors (Lipinski definition) is 3. The summed E-state index contributed by atoms with van der Waals surface area (Å²) < 4.78 is 10.4. The zero-order valence-corrected chi connectivity index (χ0v) is 11.3. The Bertz CT molecular complexity index is 490. The highest BCUT2D eigenvalue weighted by molar-refractivity contribution is 5.93. The molecule has 1 N–H and O–H groups in total. The van der Waals surface area contributed by atoms with Crippen molar-refractivity contribution < 1.29 is 14.3 Å². The highest BCUT2D eigenvalue weighted by Crippen LogP contribution is 2.54. The summed E-state index contributed by atoms with van der Waals surface area (Å²) in [6, 6.07) is 5.45. The predicted molar refractivity (Wildman–Crippen MR) is 72.5 cm³/mol. The first-order chi connectivity index (χ1) is 9.21. The number of methoxy groups -OCH3 is 2. The minimum absolute atomic E-state index is 0.138. The van der Waals surface area contributed by atoms with Crippen molar-refractivity contribution in [2.24, 2.45) is 17.8 Å². The predicted octanol–water partition coefficient (Wildman–Crippen LogP) is 2.69. The van der Waals surface area contributed by atoms with Crippen LogP contribution in [0.3, 0.4) is 0 Å². The number of carbonyl (C=O) groups is 1. The summed E-state index contributed by atoms with van der Waals surface area (Å²) in [6.07, 6.45) is 3.45. The number of fused-ring (bicyclic) bond motifs is 1. The molecule has 3 rings (SSSR count). The molecule has 0 spiro atoms. The number of rotatable bonds is 4. The molecule has 102 valence electrons. The largest absolute Gasteiger partial charge is 0.493 e. The van der Waals surface area contributed by atoms with Gasteiger partial charge < -0.3 is 14.8 Å². The van der Waals surface area contributed by atoms with E-state index in [1.54, 1.807) is 26.4 Å². The number of benzene rings is 1. The van der Waals surface area contributed by atoms with E-state index in [1.165, 1.54) is 6.42 Å². The van der Waals surface area contributed by atoms with Crippen molar-refractivity contribution in [2.75, 3.05) is 19.5 Å². The number of amides is 1. The number of hydrogen-bond donors (Lipinski definition) is 1. The summed E-state index contributed by atoms with van der Waals surface area (Å²) in [7, 11) is 3.19. The number of ether oxygens (including phenoxy) is 2. The lowest BCUT2D eigenvalue weighted by Gasteiger charge is -2.14. The van der Waals surface area contributed by atoms with E-state index in [4.69, 9.17) is 9.47 Å². The van der Waals surface area contributed by atoms with Crippen LogP contribution in [0.5, 0.6) is 11.5 Å². The van der Waals surface area contributed by atoms with E-state index < -0.39 is 0 Å². The molecular weight excluding hydrogens is 242 g/mol. The quantitative estimate of drug-likeness (QED) is 0.906. The van der Waals surface area contributed by atoms with Gasteiger partial charge >= 0.3 is 0 Å². The molecule has 2 saturated carbocycles. The molecular formula is C15H19NO3. The molecule has 0 aromatic heterocycles. The van der Waals surface area contributed by atoms with Gasteiger partial charge in [-0.05, 0) is 43.2 Å². The maximum atomic E-state index is 12.2. The summed E-state index contributed by atoms with van der Waals surface area (Å²) in [6.45, 7) is 0. The Labute approximate surface area is 113 Å². The summed E-state index contributed by atoms with van der Waals surface area (Å²) in [4.78, 5) is 12.2. The van der Waals surface area contributed by atoms with E-state index in [0.29, 0.717) is 11.5 Å². The average Bonchev–Trinajstić information content (AvgIpc) is 3.04. The van der Waals surface area contributed by atoms with Crippen molar-refractivity contribution >= 4 is 11.6 Å². The van der Waals surface area contributed by atoms with Gasteiger partial charge in [-0.1, -0.05) is 0 Å². The third-order valence-electron chi connectivity index (χ3n) is 4.27. The number of anilines is 1. The van der Waals surface area contributed by atoms with Gasteiger partial charge in [0.15, 0.2) is 11.5 Å². The Kier molecular flexibility index (Phi) is 3.09. The second kappa shape index (κ2) is 4.76. The first kappa shape index (κ1) is 12.3. The summed E-state index contributed by atoms with van der Waals surface area (Å²) in [5.74, 6) is 3.27. The Hall–Kier alpha value is -1.71. The molecule has 4 nitrogen and oxygen atoms in total. The van der Waals surface area contributed by atoms with Crippen LogP contribution < -0.4 is 14.8 Å². The third kappa shape index (κ3) is 2.39. The average molecular weight is 261 g/mol. The highest BCUT2D eigenvalue weighted by Gasteiger charge is 2.47. The molecule has 2 aliphatic carbocycles. The molecule has 19 heavy (non-hydrogen) atoms. The molecule has 2 unspecified atom stereocenters. The van der Waals surface area contributed by atoms with Crippen molar-refractivity contribution in [1.29, 1.82) is 0 Å². The Morgan fingerprint density at radius 2 is 1.79 bits per heavy atom. The molecule has 0 heterocycles. The van der Waals surface area contributed by atoms with Crippen LogP contribution in [0, 0.1) is 17.8 Å². The van der Waals surface area contributed by atoms with Crippen molar-refractivity contribution in [3.8, 4) is 11.5 Å². The molecule has 0 bridgehead atoms. The van der Waals surface area contributed by atoms with E-state index in [9.17, 15) is 4.79 Å². The van der Waals surface area contributed by atoms with Gasteiger partial charge in [-0.3, -0.25) is 4.79 Å². The minimum Gasteiger partial charge on any atom is -0.493 e. The van der Waals surface area contributed by atoms with Crippen molar-refractivity contribution in [3.05, 3.63) is 18.2 Å². The Morgan fingerprint density at radius 1 is 1.11 bits per heavy atom. The number of carbonyl (C=O) groups excluding carboxylic acids is 1. The SMILES string of the molecule is COc1ccc(NC(=O)C2CC3CC3C2)cc1OC. The van der Waals surface area contributed by atoms with Gasteiger partial charge in [-0.25, -0.2) is 0 Å². The van der Waals surface area contributed by atoms with Crippen molar-refractivity contribution in [2.45, 2.75) is 19.3 Å². The Balaban J connectivity index is 1.67. The second-order valence-electron chi connectivity index (χ2n) is 5.48. The van der Waals surface area contributed by atoms with Crippen LogP contribution in [0.25, 0.3) is 0 Å². The van der Waals surface area contributed by atoms with Crippen LogP contribution >= 0.6 is 0 Å². The minimum atomic E-state index is 0.138. The zero-order chi connectivity index (χ0) is 13.4. The lowest BCUT2D eigenvalue weighted by Crippen LogP contribution is -2.21. The molecule has 2 atom stereocenters. The topological polar surface area (TPSA) is 47.6 Å². The monoisotopic (exact) mass is 261 g/mol. The maximum Gasteiger partial charge on any atom is 0.227 e. The molecule has 4 heteroatoms. The normalized spacial score (nSPS) is 27.6. The van der Waals surface area contributed by atoms with Crippen LogP contribution in [0.4, 0.5) is 5.69 Å². The van der Waals surface area contributed by atoms with Crippen LogP contribution in [-0.2, 0) is 4.79 Å². The Morgan fingerprint density at radius 3 is 2.42 bits per heavy atom. The molecule has 1 aromatic carbocycles. The fourth-order valence-electron chi connectivity index (χ4n) is 3.09. The van der Waals surface area contributed by atoms with Gasteiger partial charge in [0.1, 0.15) is 0 Å². The van der Waals surface area contributed by atoms with Gasteiger partial charge in [0, 0.05) is 17.7 Å². The van der Waals surface area contributed by atoms with Crippen LogP contribution in [-0.4, -0.2) is 20.1 Å². The maximum absolute atomic E-state index is 12.2.